The van der Waals surface area contributed by atoms with Gasteiger partial charge in [0.05, 0.1) is 6.04 Å². The third-order valence-corrected chi connectivity index (χ3v) is 3.20. The molecular formula is C10H19N5. The van der Waals surface area contributed by atoms with Gasteiger partial charge >= 0.3 is 0 Å². The molecule has 15 heavy (non-hydrogen) atoms. The zero-order valence-electron chi connectivity index (χ0n) is 9.69. The molecule has 0 radical (unpaired) electrons. The number of aromatic nitrogens is 3. The number of nitrogens with one attached hydrogen (secondary N) is 1. The van der Waals surface area contributed by atoms with Crippen LogP contribution in [0.3, 0.4) is 0 Å². The molecular weight excluding hydrogens is 190 g/mol. The van der Waals surface area contributed by atoms with Crippen LogP contribution in [0.5, 0.6) is 0 Å². The summed E-state index contributed by atoms with van der Waals surface area (Å²) in [6.07, 6.45) is 0. The number of piperazine rings is 1. The van der Waals surface area contributed by atoms with E-state index in [4.69, 9.17) is 0 Å². The Morgan fingerprint density at radius 1 is 1.27 bits per heavy atom. The molecule has 84 valence electrons. The molecule has 1 N–H and O–H groups in total. The highest BCUT2D eigenvalue weighted by molar-refractivity contribution is 4.99. The molecule has 1 aromatic heterocycles. The molecule has 0 saturated carbocycles. The predicted molar refractivity (Wildman–Crippen MR) is 58.6 cm³/mol. The molecule has 1 aliphatic rings. The van der Waals surface area contributed by atoms with E-state index in [0.717, 1.165) is 37.8 Å². The minimum Gasteiger partial charge on any atom is -0.317 e. The summed E-state index contributed by atoms with van der Waals surface area (Å²) in [6, 6.07) is 0.360. The molecule has 0 aromatic carbocycles. The van der Waals surface area contributed by atoms with E-state index in [0.29, 0.717) is 6.04 Å². The van der Waals surface area contributed by atoms with Gasteiger partial charge in [0.2, 0.25) is 0 Å². The van der Waals surface area contributed by atoms with Crippen molar-refractivity contribution in [2.45, 2.75) is 19.9 Å². The van der Waals surface area contributed by atoms with Crippen LogP contribution in [-0.4, -0.2) is 45.8 Å². The molecule has 0 spiro atoms. The summed E-state index contributed by atoms with van der Waals surface area (Å²) in [5, 5.41) is 11.7. The highest BCUT2D eigenvalue weighted by atomic mass is 15.3. The van der Waals surface area contributed by atoms with Crippen LogP contribution in [0.2, 0.25) is 0 Å². The van der Waals surface area contributed by atoms with Gasteiger partial charge in [-0.25, -0.2) is 0 Å². The van der Waals surface area contributed by atoms with Gasteiger partial charge in [-0.1, -0.05) is 0 Å². The molecule has 0 bridgehead atoms. The summed E-state index contributed by atoms with van der Waals surface area (Å²) >= 11 is 0. The van der Waals surface area contributed by atoms with Crippen LogP contribution < -0.4 is 5.32 Å². The molecule has 1 atom stereocenters. The molecule has 5 heteroatoms. The third kappa shape index (κ3) is 2.03. The number of hydrogen-bond acceptors (Lipinski definition) is 4. The fraction of sp³-hybridized carbons (Fsp3) is 0.800. The normalized spacial score (nSPS) is 20.5. The SMILES string of the molecule is Cc1nnc(C(C)N2CCNCC2)n1C. The van der Waals surface area contributed by atoms with Crippen molar-refractivity contribution in [3.8, 4) is 0 Å². The van der Waals surface area contributed by atoms with Gasteiger partial charge in [-0.05, 0) is 13.8 Å². The van der Waals surface area contributed by atoms with Crippen molar-refractivity contribution in [2.24, 2.45) is 7.05 Å². The van der Waals surface area contributed by atoms with E-state index in [2.05, 4.69) is 31.9 Å². The van der Waals surface area contributed by atoms with E-state index in [9.17, 15) is 0 Å². The van der Waals surface area contributed by atoms with E-state index in [-0.39, 0.29) is 0 Å². The molecule has 1 fully saturated rings. The van der Waals surface area contributed by atoms with Crippen LogP contribution in [0, 0.1) is 6.92 Å². The van der Waals surface area contributed by atoms with Crippen molar-refractivity contribution in [1.29, 1.82) is 0 Å². The number of rotatable bonds is 2. The Morgan fingerprint density at radius 2 is 1.93 bits per heavy atom. The average Bonchev–Trinajstić information content (AvgIpc) is 2.60. The summed E-state index contributed by atoms with van der Waals surface area (Å²) in [6.45, 7) is 8.51. The van der Waals surface area contributed by atoms with Gasteiger partial charge in [0, 0.05) is 33.2 Å². The van der Waals surface area contributed by atoms with Gasteiger partial charge < -0.3 is 9.88 Å². The smallest absolute Gasteiger partial charge is 0.149 e. The Balaban J connectivity index is 2.12. The lowest BCUT2D eigenvalue weighted by Crippen LogP contribution is -2.44. The molecule has 1 unspecified atom stereocenters. The maximum absolute atomic E-state index is 4.24. The number of aryl methyl sites for hydroxylation is 1. The second-order valence-electron chi connectivity index (χ2n) is 4.13. The first-order valence-corrected chi connectivity index (χ1v) is 5.51. The summed E-state index contributed by atoms with van der Waals surface area (Å²) in [5.74, 6) is 2.04. The highest BCUT2D eigenvalue weighted by Crippen LogP contribution is 2.18. The van der Waals surface area contributed by atoms with Crippen LogP contribution in [0.25, 0.3) is 0 Å². The van der Waals surface area contributed by atoms with Gasteiger partial charge in [-0.15, -0.1) is 10.2 Å². The van der Waals surface area contributed by atoms with E-state index >= 15 is 0 Å². The zero-order chi connectivity index (χ0) is 10.8. The number of nitrogens with zero attached hydrogens (tertiary/aromatic N) is 4. The van der Waals surface area contributed by atoms with Gasteiger partial charge in [-0.2, -0.15) is 0 Å². The Bertz CT molecular complexity index is 327. The van der Waals surface area contributed by atoms with E-state index in [1.54, 1.807) is 0 Å². The van der Waals surface area contributed by atoms with Crippen molar-refractivity contribution in [3.63, 3.8) is 0 Å². The Morgan fingerprint density at radius 3 is 2.47 bits per heavy atom. The third-order valence-electron chi connectivity index (χ3n) is 3.20. The van der Waals surface area contributed by atoms with Crippen LogP contribution in [-0.2, 0) is 7.05 Å². The quantitative estimate of drug-likeness (QED) is 0.750. The summed E-state index contributed by atoms with van der Waals surface area (Å²) in [5.41, 5.74) is 0. The largest absolute Gasteiger partial charge is 0.317 e. The first-order chi connectivity index (χ1) is 7.20. The molecule has 2 rings (SSSR count). The lowest BCUT2D eigenvalue weighted by atomic mass is 10.2. The lowest BCUT2D eigenvalue weighted by molar-refractivity contribution is 0.176. The minimum absolute atomic E-state index is 0.360. The van der Waals surface area contributed by atoms with E-state index < -0.39 is 0 Å². The van der Waals surface area contributed by atoms with E-state index in [1.807, 2.05) is 14.0 Å². The Labute approximate surface area is 90.5 Å². The van der Waals surface area contributed by atoms with Gasteiger partial charge in [0.15, 0.2) is 0 Å². The van der Waals surface area contributed by atoms with Crippen molar-refractivity contribution >= 4 is 0 Å². The van der Waals surface area contributed by atoms with Crippen molar-refractivity contribution < 1.29 is 0 Å². The molecule has 1 saturated heterocycles. The summed E-state index contributed by atoms with van der Waals surface area (Å²) in [7, 11) is 2.03. The second-order valence-corrected chi connectivity index (χ2v) is 4.13. The van der Waals surface area contributed by atoms with Crippen molar-refractivity contribution in [2.75, 3.05) is 26.2 Å². The molecule has 0 aliphatic carbocycles. The maximum Gasteiger partial charge on any atom is 0.149 e. The fourth-order valence-electron chi connectivity index (χ4n) is 2.02. The van der Waals surface area contributed by atoms with Crippen LogP contribution >= 0.6 is 0 Å². The zero-order valence-corrected chi connectivity index (χ0v) is 9.69. The van der Waals surface area contributed by atoms with Gasteiger partial charge in [0.1, 0.15) is 11.6 Å². The Kier molecular flexibility index (Phi) is 3.02. The standard InChI is InChI=1S/C10H19N5/c1-8(15-6-4-11-5-7-15)10-13-12-9(2)14(10)3/h8,11H,4-7H2,1-3H3. The van der Waals surface area contributed by atoms with Crippen molar-refractivity contribution in [3.05, 3.63) is 11.6 Å². The highest BCUT2D eigenvalue weighted by Gasteiger charge is 2.21. The van der Waals surface area contributed by atoms with Gasteiger partial charge in [-0.3, -0.25) is 4.90 Å². The molecule has 1 aromatic rings. The van der Waals surface area contributed by atoms with E-state index in [1.165, 1.54) is 0 Å². The summed E-state index contributed by atoms with van der Waals surface area (Å²) < 4.78 is 2.08. The molecule has 0 amide bonds. The van der Waals surface area contributed by atoms with Gasteiger partial charge in [0.25, 0.3) is 0 Å². The first kappa shape index (κ1) is 10.6. The minimum atomic E-state index is 0.360. The predicted octanol–water partition coefficient (Wildman–Crippen LogP) is 0.0897. The Hall–Kier alpha value is -0.940. The lowest BCUT2D eigenvalue weighted by Gasteiger charge is -2.32. The maximum atomic E-state index is 4.24. The van der Waals surface area contributed by atoms with Crippen LogP contribution in [0.4, 0.5) is 0 Å². The fourth-order valence-corrected chi connectivity index (χ4v) is 2.02. The first-order valence-electron chi connectivity index (χ1n) is 5.51. The van der Waals surface area contributed by atoms with Crippen molar-refractivity contribution in [1.82, 2.24) is 25.0 Å². The molecule has 1 aliphatic heterocycles. The topological polar surface area (TPSA) is 46.0 Å². The molecule has 5 nitrogen and oxygen atoms in total. The number of hydrogen-bond donors (Lipinski definition) is 1. The summed E-state index contributed by atoms with van der Waals surface area (Å²) in [4.78, 5) is 2.44. The van der Waals surface area contributed by atoms with Crippen LogP contribution in [0.15, 0.2) is 0 Å². The van der Waals surface area contributed by atoms with Crippen LogP contribution in [0.1, 0.15) is 24.6 Å². The second kappa shape index (κ2) is 4.28. The average molecular weight is 209 g/mol. The monoisotopic (exact) mass is 209 g/mol. The molecule has 2 heterocycles.